The van der Waals surface area contributed by atoms with Crippen molar-refractivity contribution in [2.24, 2.45) is 0 Å². The number of nitrogens with two attached hydrogens (primary N) is 1. The van der Waals surface area contributed by atoms with Crippen LogP contribution in [0.3, 0.4) is 0 Å². The molecule has 0 aliphatic heterocycles. The predicted molar refractivity (Wildman–Crippen MR) is 94.1 cm³/mol. The Hall–Kier alpha value is -1.10. The molecular formula is C15H15BrCl2N2O. The molecule has 2 aromatic rings. The van der Waals surface area contributed by atoms with E-state index in [2.05, 4.69) is 21.2 Å². The molecule has 0 saturated carbocycles. The molecule has 0 heterocycles. The van der Waals surface area contributed by atoms with E-state index in [9.17, 15) is 0 Å². The topological polar surface area (TPSA) is 47.3 Å². The highest BCUT2D eigenvalue weighted by Crippen LogP contribution is 2.37. The van der Waals surface area contributed by atoms with Gasteiger partial charge in [0.15, 0.2) is 0 Å². The van der Waals surface area contributed by atoms with E-state index in [1.165, 1.54) is 0 Å². The van der Waals surface area contributed by atoms with E-state index in [0.29, 0.717) is 27.2 Å². The van der Waals surface area contributed by atoms with Gasteiger partial charge in [-0.15, -0.1) is 0 Å². The van der Waals surface area contributed by atoms with Crippen LogP contribution in [0.25, 0.3) is 0 Å². The number of halogens is 3. The van der Waals surface area contributed by atoms with Crippen LogP contribution in [0.5, 0.6) is 5.75 Å². The van der Waals surface area contributed by atoms with Crippen molar-refractivity contribution < 1.29 is 4.74 Å². The quantitative estimate of drug-likeness (QED) is 0.507. The molecule has 0 bridgehead atoms. The Balaban J connectivity index is 2.31. The lowest BCUT2D eigenvalue weighted by atomic mass is 10.2. The van der Waals surface area contributed by atoms with E-state index in [4.69, 9.17) is 33.7 Å². The van der Waals surface area contributed by atoms with E-state index in [0.717, 1.165) is 10.2 Å². The highest BCUT2D eigenvalue weighted by Gasteiger charge is 2.10. The highest BCUT2D eigenvalue weighted by molar-refractivity contribution is 9.10. The number of nitrogen functional groups attached to an aromatic ring is 1. The van der Waals surface area contributed by atoms with Crippen LogP contribution >= 0.6 is 39.1 Å². The predicted octanol–water partition coefficient (Wildman–Crippen LogP) is 5.87. The molecule has 3 nitrogen and oxygen atoms in total. The molecule has 21 heavy (non-hydrogen) atoms. The molecule has 3 N–H and O–H groups in total. The van der Waals surface area contributed by atoms with Crippen molar-refractivity contribution in [1.29, 1.82) is 0 Å². The van der Waals surface area contributed by atoms with Gasteiger partial charge in [0, 0.05) is 28.0 Å². The minimum atomic E-state index is 0.0744. The molecule has 0 aromatic heterocycles. The van der Waals surface area contributed by atoms with Crippen LogP contribution in [-0.4, -0.2) is 6.10 Å². The first-order valence-electron chi connectivity index (χ1n) is 6.34. The fraction of sp³-hybridized carbons (Fsp3) is 0.200. The Kier molecular flexibility index (Phi) is 5.25. The van der Waals surface area contributed by atoms with Crippen LogP contribution in [-0.2, 0) is 0 Å². The summed E-state index contributed by atoms with van der Waals surface area (Å²) in [6.45, 7) is 3.92. The lowest BCUT2D eigenvalue weighted by Gasteiger charge is -2.14. The van der Waals surface area contributed by atoms with Crippen LogP contribution in [0.15, 0.2) is 34.8 Å². The van der Waals surface area contributed by atoms with Crippen LogP contribution in [0.4, 0.5) is 17.1 Å². The average molecular weight is 390 g/mol. The van der Waals surface area contributed by atoms with Gasteiger partial charge in [-0.2, -0.15) is 0 Å². The van der Waals surface area contributed by atoms with Crippen LogP contribution in [0.2, 0.25) is 10.0 Å². The van der Waals surface area contributed by atoms with Crippen molar-refractivity contribution in [3.63, 3.8) is 0 Å². The summed E-state index contributed by atoms with van der Waals surface area (Å²) in [7, 11) is 0. The molecule has 0 radical (unpaired) electrons. The average Bonchev–Trinajstić information content (AvgIpc) is 2.38. The third-order valence-electron chi connectivity index (χ3n) is 2.61. The summed E-state index contributed by atoms with van der Waals surface area (Å²) < 4.78 is 6.41. The van der Waals surface area contributed by atoms with E-state index in [-0.39, 0.29) is 6.10 Å². The third kappa shape index (κ3) is 4.19. The van der Waals surface area contributed by atoms with Crippen LogP contribution < -0.4 is 15.8 Å². The summed E-state index contributed by atoms with van der Waals surface area (Å²) in [6, 6.07) is 9.11. The molecule has 112 valence electrons. The third-order valence-corrected chi connectivity index (χ3v) is 4.39. The molecule has 0 saturated heterocycles. The van der Waals surface area contributed by atoms with Crippen molar-refractivity contribution in [3.05, 3.63) is 44.8 Å². The second-order valence-corrected chi connectivity index (χ2v) is 6.42. The van der Waals surface area contributed by atoms with Gasteiger partial charge in [0.1, 0.15) is 5.75 Å². The standard InChI is InChI=1S/C15H15BrCl2N2O/c1-8(2)21-11-6-9(19)5-10(7-11)20-13-4-3-12(16)14(17)15(13)18/h3-8,20H,19H2,1-2H3. The van der Waals surface area contributed by atoms with Crippen LogP contribution in [0.1, 0.15) is 13.8 Å². The maximum atomic E-state index is 6.23. The van der Waals surface area contributed by atoms with Gasteiger partial charge in [0.05, 0.1) is 21.8 Å². The maximum absolute atomic E-state index is 6.23. The number of ether oxygens (including phenoxy) is 1. The van der Waals surface area contributed by atoms with Gasteiger partial charge in [-0.25, -0.2) is 0 Å². The summed E-state index contributed by atoms with van der Waals surface area (Å²) >= 11 is 15.7. The molecular weight excluding hydrogens is 375 g/mol. The zero-order chi connectivity index (χ0) is 15.6. The number of anilines is 3. The Morgan fingerprint density at radius 1 is 1.14 bits per heavy atom. The molecule has 0 spiro atoms. The normalized spacial score (nSPS) is 10.8. The van der Waals surface area contributed by atoms with Crippen molar-refractivity contribution in [2.45, 2.75) is 20.0 Å². The Bertz CT molecular complexity index is 662. The van der Waals surface area contributed by atoms with Crippen molar-refractivity contribution in [1.82, 2.24) is 0 Å². The van der Waals surface area contributed by atoms with Gasteiger partial charge in [0.2, 0.25) is 0 Å². The summed E-state index contributed by atoms with van der Waals surface area (Å²) in [4.78, 5) is 0. The van der Waals surface area contributed by atoms with Gasteiger partial charge in [-0.1, -0.05) is 23.2 Å². The zero-order valence-electron chi connectivity index (χ0n) is 11.6. The molecule has 6 heteroatoms. The number of hydrogen-bond acceptors (Lipinski definition) is 3. The highest BCUT2D eigenvalue weighted by atomic mass is 79.9. The first kappa shape index (κ1) is 16.3. The molecule has 0 fully saturated rings. The van der Waals surface area contributed by atoms with Gasteiger partial charge in [-0.05, 0) is 48.0 Å². The second kappa shape index (κ2) is 6.77. The lowest BCUT2D eigenvalue weighted by Crippen LogP contribution is -2.06. The van der Waals surface area contributed by atoms with Gasteiger partial charge < -0.3 is 15.8 Å². The number of benzene rings is 2. The monoisotopic (exact) mass is 388 g/mol. The molecule has 0 aliphatic rings. The molecule has 0 unspecified atom stereocenters. The summed E-state index contributed by atoms with van der Waals surface area (Å²) in [5.74, 6) is 0.701. The number of rotatable bonds is 4. The zero-order valence-corrected chi connectivity index (χ0v) is 14.7. The molecule has 0 atom stereocenters. The Morgan fingerprint density at radius 2 is 1.86 bits per heavy atom. The first-order chi connectivity index (χ1) is 9.86. The van der Waals surface area contributed by atoms with Crippen molar-refractivity contribution >= 4 is 56.2 Å². The maximum Gasteiger partial charge on any atom is 0.123 e. The minimum Gasteiger partial charge on any atom is -0.491 e. The molecule has 2 rings (SSSR count). The molecule has 0 amide bonds. The fourth-order valence-corrected chi connectivity index (χ4v) is 2.63. The van der Waals surface area contributed by atoms with Crippen molar-refractivity contribution in [2.75, 3.05) is 11.1 Å². The molecule has 2 aromatic carbocycles. The fourth-order valence-electron chi connectivity index (χ4n) is 1.81. The van der Waals surface area contributed by atoms with E-state index < -0.39 is 0 Å². The van der Waals surface area contributed by atoms with Crippen molar-refractivity contribution in [3.8, 4) is 5.75 Å². The Morgan fingerprint density at radius 3 is 2.52 bits per heavy atom. The summed E-state index contributed by atoms with van der Waals surface area (Å²) in [6.07, 6.45) is 0.0744. The number of hydrogen-bond donors (Lipinski definition) is 2. The first-order valence-corrected chi connectivity index (χ1v) is 7.89. The smallest absolute Gasteiger partial charge is 0.123 e. The minimum absolute atomic E-state index is 0.0744. The van der Waals surface area contributed by atoms with E-state index in [1.54, 1.807) is 12.1 Å². The van der Waals surface area contributed by atoms with Gasteiger partial charge in [-0.3, -0.25) is 0 Å². The number of nitrogens with one attached hydrogen (secondary N) is 1. The van der Waals surface area contributed by atoms with Gasteiger partial charge >= 0.3 is 0 Å². The summed E-state index contributed by atoms with van der Waals surface area (Å²) in [5.41, 5.74) is 7.98. The molecule has 0 aliphatic carbocycles. The Labute approximate surface area is 142 Å². The van der Waals surface area contributed by atoms with E-state index >= 15 is 0 Å². The second-order valence-electron chi connectivity index (χ2n) is 4.81. The van der Waals surface area contributed by atoms with Crippen LogP contribution in [0, 0.1) is 0 Å². The van der Waals surface area contributed by atoms with Gasteiger partial charge in [0.25, 0.3) is 0 Å². The summed E-state index contributed by atoms with van der Waals surface area (Å²) in [5, 5.41) is 4.10. The lowest BCUT2D eigenvalue weighted by molar-refractivity contribution is 0.242. The SMILES string of the molecule is CC(C)Oc1cc(N)cc(Nc2ccc(Br)c(Cl)c2Cl)c1. The van der Waals surface area contributed by atoms with E-state index in [1.807, 2.05) is 32.0 Å². The largest absolute Gasteiger partial charge is 0.491 e.